The fourth-order valence-electron chi connectivity index (χ4n) is 3.91. The molecule has 1 amide bonds. The monoisotopic (exact) mass is 482 g/mol. The van der Waals surface area contributed by atoms with Gasteiger partial charge < -0.3 is 14.5 Å². The van der Waals surface area contributed by atoms with Crippen molar-refractivity contribution in [2.75, 3.05) is 0 Å². The standard InChI is InChI=1S/C25H26N2O6S/c1-17(24(28)27-23-10-4-7-18-6-2-3-9-22(18)23)33-25(29)19-11-13-21(14-12-19)34(30,31)26-16-20-8-5-15-32-20/h2-3,5-6,8-9,11-15,17,23,26H,4,7,10,16H2,1H3,(H,27,28). The molecule has 0 aliphatic heterocycles. The number of hydrogen-bond acceptors (Lipinski definition) is 6. The summed E-state index contributed by atoms with van der Waals surface area (Å²) in [6.07, 6.45) is 3.24. The van der Waals surface area contributed by atoms with Crippen LogP contribution in [0.1, 0.15) is 53.1 Å². The maximum atomic E-state index is 12.7. The molecule has 0 radical (unpaired) electrons. The average Bonchev–Trinajstić information content (AvgIpc) is 3.37. The van der Waals surface area contributed by atoms with Gasteiger partial charge in [0.25, 0.3) is 5.91 Å². The number of amides is 1. The second-order valence-electron chi connectivity index (χ2n) is 8.13. The number of nitrogens with one attached hydrogen (secondary N) is 2. The third-order valence-electron chi connectivity index (χ3n) is 5.76. The van der Waals surface area contributed by atoms with Crippen molar-refractivity contribution < 1.29 is 27.2 Å². The Morgan fingerprint density at radius 1 is 1.09 bits per heavy atom. The number of esters is 1. The van der Waals surface area contributed by atoms with Gasteiger partial charge in [-0.1, -0.05) is 24.3 Å². The van der Waals surface area contributed by atoms with E-state index in [1.807, 2.05) is 18.2 Å². The van der Waals surface area contributed by atoms with Gasteiger partial charge in [-0.15, -0.1) is 0 Å². The number of aryl methyl sites for hydroxylation is 1. The molecule has 34 heavy (non-hydrogen) atoms. The van der Waals surface area contributed by atoms with Crippen molar-refractivity contribution in [3.63, 3.8) is 0 Å². The van der Waals surface area contributed by atoms with Crippen LogP contribution in [-0.2, 0) is 32.5 Å². The first-order valence-electron chi connectivity index (χ1n) is 11.0. The molecule has 0 fully saturated rings. The van der Waals surface area contributed by atoms with Crippen molar-refractivity contribution in [3.8, 4) is 0 Å². The van der Waals surface area contributed by atoms with Crippen molar-refractivity contribution >= 4 is 21.9 Å². The minimum Gasteiger partial charge on any atom is -0.468 e. The van der Waals surface area contributed by atoms with Crippen LogP contribution in [0.3, 0.4) is 0 Å². The van der Waals surface area contributed by atoms with Gasteiger partial charge in [-0.05, 0) is 73.7 Å². The number of hydrogen-bond donors (Lipinski definition) is 2. The maximum absolute atomic E-state index is 12.7. The van der Waals surface area contributed by atoms with E-state index >= 15 is 0 Å². The van der Waals surface area contributed by atoms with E-state index in [-0.39, 0.29) is 29.0 Å². The van der Waals surface area contributed by atoms with E-state index in [2.05, 4.69) is 16.1 Å². The van der Waals surface area contributed by atoms with E-state index in [1.54, 1.807) is 12.1 Å². The van der Waals surface area contributed by atoms with Gasteiger partial charge in [0.1, 0.15) is 5.76 Å². The molecule has 2 aromatic carbocycles. The lowest BCUT2D eigenvalue weighted by Crippen LogP contribution is -2.39. The lowest BCUT2D eigenvalue weighted by molar-refractivity contribution is -0.130. The number of rotatable bonds is 8. The molecule has 9 heteroatoms. The molecule has 178 valence electrons. The summed E-state index contributed by atoms with van der Waals surface area (Å²) in [7, 11) is -3.78. The number of carbonyl (C=O) groups excluding carboxylic acids is 2. The zero-order chi connectivity index (χ0) is 24.1. The van der Waals surface area contributed by atoms with Crippen molar-refractivity contribution in [1.29, 1.82) is 0 Å². The quantitative estimate of drug-likeness (QED) is 0.475. The first-order valence-corrected chi connectivity index (χ1v) is 12.5. The summed E-state index contributed by atoms with van der Waals surface area (Å²) in [6, 6.07) is 16.5. The SMILES string of the molecule is CC(OC(=O)c1ccc(S(=O)(=O)NCc2ccco2)cc1)C(=O)NC1CCCc2ccccc21. The number of benzene rings is 2. The number of furan rings is 1. The molecule has 0 saturated heterocycles. The Labute approximate surface area is 198 Å². The fourth-order valence-corrected chi connectivity index (χ4v) is 4.90. The molecule has 0 spiro atoms. The predicted molar refractivity (Wildman–Crippen MR) is 124 cm³/mol. The Hall–Kier alpha value is -3.43. The first-order chi connectivity index (χ1) is 16.3. The summed E-state index contributed by atoms with van der Waals surface area (Å²) < 4.78 is 37.7. The molecule has 3 aromatic rings. The molecule has 1 heterocycles. The van der Waals surface area contributed by atoms with Crippen LogP contribution in [0.25, 0.3) is 0 Å². The lowest BCUT2D eigenvalue weighted by Gasteiger charge is -2.27. The molecular formula is C25H26N2O6S. The van der Waals surface area contributed by atoms with Gasteiger partial charge in [0.2, 0.25) is 10.0 Å². The summed E-state index contributed by atoms with van der Waals surface area (Å²) >= 11 is 0. The van der Waals surface area contributed by atoms with Gasteiger partial charge in [0, 0.05) is 0 Å². The van der Waals surface area contributed by atoms with E-state index in [0.717, 1.165) is 24.8 Å². The van der Waals surface area contributed by atoms with Crippen LogP contribution in [0.2, 0.25) is 0 Å². The summed E-state index contributed by atoms with van der Waals surface area (Å²) in [5, 5.41) is 2.97. The lowest BCUT2D eigenvalue weighted by atomic mass is 9.87. The average molecular weight is 483 g/mol. The third-order valence-corrected chi connectivity index (χ3v) is 7.17. The molecule has 0 bridgehead atoms. The summed E-state index contributed by atoms with van der Waals surface area (Å²) in [6.45, 7) is 1.52. The number of fused-ring (bicyclic) bond motifs is 1. The molecule has 8 nitrogen and oxygen atoms in total. The van der Waals surface area contributed by atoms with Crippen LogP contribution in [0.5, 0.6) is 0 Å². The largest absolute Gasteiger partial charge is 0.468 e. The van der Waals surface area contributed by atoms with Gasteiger partial charge in [0.15, 0.2) is 6.10 Å². The van der Waals surface area contributed by atoms with Crippen LogP contribution in [0, 0.1) is 0 Å². The molecule has 4 rings (SSSR count). The third kappa shape index (κ3) is 5.55. The zero-order valence-corrected chi connectivity index (χ0v) is 19.5. The van der Waals surface area contributed by atoms with Gasteiger partial charge in [-0.3, -0.25) is 4.79 Å². The molecule has 0 saturated carbocycles. The molecule has 2 unspecified atom stereocenters. The van der Waals surface area contributed by atoms with Crippen molar-refractivity contribution in [3.05, 3.63) is 89.4 Å². The summed E-state index contributed by atoms with van der Waals surface area (Å²) in [5.41, 5.74) is 2.46. The second-order valence-corrected chi connectivity index (χ2v) is 9.89. The molecule has 1 aliphatic rings. The Morgan fingerprint density at radius 3 is 2.59 bits per heavy atom. The highest BCUT2D eigenvalue weighted by atomic mass is 32.2. The van der Waals surface area contributed by atoms with E-state index in [0.29, 0.717) is 5.76 Å². The maximum Gasteiger partial charge on any atom is 0.338 e. The minimum absolute atomic E-state index is 0.00244. The Morgan fingerprint density at radius 2 is 1.85 bits per heavy atom. The highest BCUT2D eigenvalue weighted by Gasteiger charge is 2.26. The van der Waals surface area contributed by atoms with Crippen molar-refractivity contribution in [2.45, 2.75) is 49.8 Å². The Kier molecular flexibility index (Phi) is 7.14. The van der Waals surface area contributed by atoms with Crippen LogP contribution < -0.4 is 10.0 Å². The highest BCUT2D eigenvalue weighted by molar-refractivity contribution is 7.89. The van der Waals surface area contributed by atoms with Gasteiger partial charge in [-0.2, -0.15) is 0 Å². The molecule has 1 aliphatic carbocycles. The minimum atomic E-state index is -3.78. The topological polar surface area (TPSA) is 115 Å². The van der Waals surface area contributed by atoms with Crippen molar-refractivity contribution in [2.24, 2.45) is 0 Å². The molecular weight excluding hydrogens is 456 g/mol. The Bertz CT molecular complexity index is 1250. The van der Waals surface area contributed by atoms with E-state index in [4.69, 9.17) is 9.15 Å². The van der Waals surface area contributed by atoms with Crippen LogP contribution in [0.4, 0.5) is 0 Å². The van der Waals surface area contributed by atoms with Gasteiger partial charge >= 0.3 is 5.97 Å². The number of ether oxygens (including phenoxy) is 1. The van der Waals surface area contributed by atoms with Gasteiger partial charge in [-0.25, -0.2) is 17.9 Å². The smallest absolute Gasteiger partial charge is 0.338 e. The van der Waals surface area contributed by atoms with E-state index < -0.39 is 22.1 Å². The van der Waals surface area contributed by atoms with E-state index in [9.17, 15) is 18.0 Å². The second kappa shape index (κ2) is 10.2. The molecule has 2 atom stereocenters. The fraction of sp³-hybridized carbons (Fsp3) is 0.280. The van der Waals surface area contributed by atoms with Crippen LogP contribution >= 0.6 is 0 Å². The number of carbonyl (C=O) groups is 2. The van der Waals surface area contributed by atoms with Crippen LogP contribution in [-0.4, -0.2) is 26.4 Å². The number of sulfonamides is 1. The highest BCUT2D eigenvalue weighted by Crippen LogP contribution is 2.29. The van der Waals surface area contributed by atoms with Crippen LogP contribution in [0.15, 0.2) is 76.2 Å². The predicted octanol–water partition coefficient (Wildman–Crippen LogP) is 3.50. The normalized spacial score (nSPS) is 16.3. The zero-order valence-electron chi connectivity index (χ0n) is 18.7. The van der Waals surface area contributed by atoms with Crippen molar-refractivity contribution in [1.82, 2.24) is 10.0 Å². The summed E-state index contributed by atoms with van der Waals surface area (Å²) in [5.74, 6) is -0.608. The molecule has 2 N–H and O–H groups in total. The Balaban J connectivity index is 1.34. The van der Waals surface area contributed by atoms with E-state index in [1.165, 1.54) is 43.0 Å². The molecule has 1 aromatic heterocycles. The van der Waals surface area contributed by atoms with Gasteiger partial charge in [0.05, 0.1) is 29.3 Å². The first kappa shape index (κ1) is 23.7. The summed E-state index contributed by atoms with van der Waals surface area (Å²) in [4.78, 5) is 25.2.